The topological polar surface area (TPSA) is 75.4 Å². The van der Waals surface area contributed by atoms with E-state index in [9.17, 15) is 9.59 Å². The number of hydrogen-bond donors (Lipinski definition) is 2. The lowest BCUT2D eigenvalue weighted by atomic mass is 10.1. The van der Waals surface area contributed by atoms with Gasteiger partial charge in [0, 0.05) is 29.2 Å². The Morgan fingerprint density at radius 1 is 1.38 bits per heavy atom. The normalized spacial score (nSPS) is 18.5. The van der Waals surface area contributed by atoms with Crippen LogP contribution in [0.2, 0.25) is 0 Å². The van der Waals surface area contributed by atoms with Crippen LogP contribution in [0.3, 0.4) is 0 Å². The number of benzene rings is 1. The minimum Gasteiger partial charge on any atom is -0.350 e. The average molecular weight is 396 g/mol. The van der Waals surface area contributed by atoms with Gasteiger partial charge in [0.15, 0.2) is 0 Å². The van der Waals surface area contributed by atoms with Crippen molar-refractivity contribution in [1.82, 2.24) is 10.2 Å². The highest BCUT2D eigenvalue weighted by molar-refractivity contribution is 9.10. The lowest BCUT2D eigenvalue weighted by molar-refractivity contribution is -0.125. The molecule has 5 nitrogen and oxygen atoms in total. The second-order valence-corrected chi connectivity index (χ2v) is 7.16. The van der Waals surface area contributed by atoms with Crippen LogP contribution < -0.4 is 11.1 Å². The Morgan fingerprint density at radius 2 is 2.08 bits per heavy atom. The van der Waals surface area contributed by atoms with Crippen LogP contribution in [0.15, 0.2) is 28.7 Å². The molecule has 2 atom stereocenters. The summed E-state index contributed by atoms with van der Waals surface area (Å²) in [6, 6.07) is 6.84. The van der Waals surface area contributed by atoms with Crippen molar-refractivity contribution in [2.24, 2.45) is 5.73 Å². The van der Waals surface area contributed by atoms with E-state index in [2.05, 4.69) is 28.2 Å². The van der Waals surface area contributed by atoms with E-state index in [1.165, 1.54) is 0 Å². The third-order valence-electron chi connectivity index (χ3n) is 4.44. The standard InChI is InChI=1S/C18H26BrN3O2/c1-2-3-5-15(12-20)21-17(23)16-6-4-11-22(16)18(24)13-7-9-14(19)10-8-13/h7-10,15-16H,2-6,11-12,20H2,1H3,(H,21,23). The third-order valence-corrected chi connectivity index (χ3v) is 4.97. The predicted molar refractivity (Wildman–Crippen MR) is 98.7 cm³/mol. The first-order valence-electron chi connectivity index (χ1n) is 8.63. The molecule has 1 aromatic rings. The maximum absolute atomic E-state index is 12.7. The van der Waals surface area contributed by atoms with Gasteiger partial charge in [0.1, 0.15) is 6.04 Å². The number of carbonyl (C=O) groups is 2. The highest BCUT2D eigenvalue weighted by atomic mass is 79.9. The predicted octanol–water partition coefficient (Wildman–Crippen LogP) is 2.69. The number of amides is 2. The molecule has 1 fully saturated rings. The van der Waals surface area contributed by atoms with Gasteiger partial charge in [-0.2, -0.15) is 0 Å². The van der Waals surface area contributed by atoms with Gasteiger partial charge < -0.3 is 16.0 Å². The molecule has 1 aromatic carbocycles. The smallest absolute Gasteiger partial charge is 0.254 e. The van der Waals surface area contributed by atoms with E-state index in [0.29, 0.717) is 25.1 Å². The molecule has 24 heavy (non-hydrogen) atoms. The van der Waals surface area contributed by atoms with Gasteiger partial charge in [0.05, 0.1) is 0 Å². The van der Waals surface area contributed by atoms with Gasteiger partial charge in [-0.15, -0.1) is 0 Å². The zero-order valence-electron chi connectivity index (χ0n) is 14.1. The highest BCUT2D eigenvalue weighted by Gasteiger charge is 2.35. The third kappa shape index (κ3) is 4.80. The Bertz CT molecular complexity index is 562. The first-order chi connectivity index (χ1) is 11.6. The molecule has 6 heteroatoms. The van der Waals surface area contributed by atoms with Crippen molar-refractivity contribution < 1.29 is 9.59 Å². The fraction of sp³-hybridized carbons (Fsp3) is 0.556. The van der Waals surface area contributed by atoms with E-state index in [-0.39, 0.29) is 17.9 Å². The highest BCUT2D eigenvalue weighted by Crippen LogP contribution is 2.21. The number of hydrogen-bond acceptors (Lipinski definition) is 3. The Labute approximate surface area is 152 Å². The number of nitrogens with one attached hydrogen (secondary N) is 1. The summed E-state index contributed by atoms with van der Waals surface area (Å²) in [7, 11) is 0. The number of carbonyl (C=O) groups excluding carboxylic acids is 2. The van der Waals surface area contributed by atoms with Crippen molar-refractivity contribution in [3.63, 3.8) is 0 Å². The molecule has 0 radical (unpaired) electrons. The molecule has 2 rings (SSSR count). The van der Waals surface area contributed by atoms with Crippen LogP contribution in [0.5, 0.6) is 0 Å². The molecular formula is C18H26BrN3O2. The molecule has 1 saturated heterocycles. The number of nitrogens with zero attached hydrogens (tertiary/aromatic N) is 1. The summed E-state index contributed by atoms with van der Waals surface area (Å²) in [6.45, 7) is 3.17. The van der Waals surface area contributed by atoms with E-state index in [1.54, 1.807) is 17.0 Å². The Hall–Kier alpha value is -1.40. The molecule has 1 heterocycles. The molecule has 2 amide bonds. The van der Waals surface area contributed by atoms with E-state index in [4.69, 9.17) is 5.73 Å². The molecule has 0 aliphatic carbocycles. The molecule has 1 aliphatic heterocycles. The van der Waals surface area contributed by atoms with Crippen LogP contribution in [-0.2, 0) is 4.79 Å². The van der Waals surface area contributed by atoms with E-state index >= 15 is 0 Å². The van der Waals surface area contributed by atoms with Gasteiger partial charge in [-0.05, 0) is 43.5 Å². The summed E-state index contributed by atoms with van der Waals surface area (Å²) in [4.78, 5) is 27.0. The number of halogens is 1. The second kappa shape index (κ2) is 9.18. The SMILES string of the molecule is CCCCC(CN)NC(=O)C1CCCN1C(=O)c1ccc(Br)cc1. The van der Waals surface area contributed by atoms with Crippen molar-refractivity contribution in [2.45, 2.75) is 51.1 Å². The maximum atomic E-state index is 12.7. The van der Waals surface area contributed by atoms with Gasteiger partial charge in [-0.1, -0.05) is 35.7 Å². The molecule has 1 aliphatic rings. The Kier molecular flexibility index (Phi) is 7.24. The zero-order valence-corrected chi connectivity index (χ0v) is 15.7. The first kappa shape index (κ1) is 18.9. The fourth-order valence-electron chi connectivity index (χ4n) is 3.04. The van der Waals surface area contributed by atoms with Crippen LogP contribution in [0.1, 0.15) is 49.4 Å². The Morgan fingerprint density at radius 3 is 2.71 bits per heavy atom. The van der Waals surface area contributed by atoms with E-state index in [1.807, 2.05) is 12.1 Å². The summed E-state index contributed by atoms with van der Waals surface area (Å²) in [5, 5.41) is 3.02. The first-order valence-corrected chi connectivity index (χ1v) is 9.43. The van der Waals surface area contributed by atoms with Crippen molar-refractivity contribution in [2.75, 3.05) is 13.1 Å². The van der Waals surface area contributed by atoms with Crippen LogP contribution in [0.25, 0.3) is 0 Å². The minimum atomic E-state index is -0.392. The Balaban J connectivity index is 2.02. The molecule has 0 aromatic heterocycles. The fourth-order valence-corrected chi connectivity index (χ4v) is 3.30. The van der Waals surface area contributed by atoms with Gasteiger partial charge in [0.2, 0.25) is 5.91 Å². The summed E-state index contributed by atoms with van der Waals surface area (Å²) in [5.74, 6) is -0.164. The van der Waals surface area contributed by atoms with Gasteiger partial charge in [-0.25, -0.2) is 0 Å². The largest absolute Gasteiger partial charge is 0.350 e. The van der Waals surface area contributed by atoms with Crippen molar-refractivity contribution >= 4 is 27.7 Å². The second-order valence-electron chi connectivity index (χ2n) is 6.25. The number of unbranched alkanes of at least 4 members (excludes halogenated alkanes) is 1. The lowest BCUT2D eigenvalue weighted by Gasteiger charge is -2.26. The summed E-state index contributed by atoms with van der Waals surface area (Å²) >= 11 is 3.37. The zero-order chi connectivity index (χ0) is 17.5. The average Bonchev–Trinajstić information content (AvgIpc) is 3.08. The lowest BCUT2D eigenvalue weighted by Crippen LogP contribution is -2.50. The quantitative estimate of drug-likeness (QED) is 0.744. The number of nitrogens with two attached hydrogens (primary N) is 1. The molecule has 3 N–H and O–H groups in total. The summed E-state index contributed by atoms with van der Waals surface area (Å²) in [6.07, 6.45) is 4.55. The minimum absolute atomic E-state index is 0.0114. The van der Waals surface area contributed by atoms with Crippen LogP contribution in [-0.4, -0.2) is 41.9 Å². The molecule has 132 valence electrons. The van der Waals surface area contributed by atoms with Crippen LogP contribution in [0, 0.1) is 0 Å². The van der Waals surface area contributed by atoms with Gasteiger partial charge >= 0.3 is 0 Å². The van der Waals surface area contributed by atoms with Crippen molar-refractivity contribution in [1.29, 1.82) is 0 Å². The van der Waals surface area contributed by atoms with Crippen LogP contribution >= 0.6 is 15.9 Å². The van der Waals surface area contributed by atoms with Crippen LogP contribution in [0.4, 0.5) is 0 Å². The number of likely N-dealkylation sites (tertiary alicyclic amines) is 1. The summed E-state index contributed by atoms with van der Waals surface area (Å²) < 4.78 is 0.927. The number of rotatable bonds is 7. The monoisotopic (exact) mass is 395 g/mol. The van der Waals surface area contributed by atoms with Gasteiger partial charge in [-0.3, -0.25) is 9.59 Å². The van der Waals surface area contributed by atoms with Crippen molar-refractivity contribution in [3.8, 4) is 0 Å². The molecular weight excluding hydrogens is 370 g/mol. The van der Waals surface area contributed by atoms with Crippen molar-refractivity contribution in [3.05, 3.63) is 34.3 Å². The molecule has 0 saturated carbocycles. The molecule has 2 unspecified atom stereocenters. The van der Waals surface area contributed by atoms with E-state index < -0.39 is 6.04 Å². The molecule has 0 bridgehead atoms. The molecule has 0 spiro atoms. The van der Waals surface area contributed by atoms with E-state index in [0.717, 1.165) is 30.2 Å². The summed E-state index contributed by atoms with van der Waals surface area (Å²) in [5.41, 5.74) is 6.37. The van der Waals surface area contributed by atoms with Gasteiger partial charge in [0.25, 0.3) is 5.91 Å². The maximum Gasteiger partial charge on any atom is 0.254 e.